The molecule has 0 radical (unpaired) electrons. The molecular formula is C63H121NO8. The van der Waals surface area contributed by atoms with Gasteiger partial charge in [-0.3, -0.25) is 4.79 Å². The summed E-state index contributed by atoms with van der Waals surface area (Å²) in [5.41, 5.74) is 0. The minimum absolute atomic E-state index is 0.174. The molecule has 0 spiro atoms. The van der Waals surface area contributed by atoms with Gasteiger partial charge in [0.05, 0.1) is 25.4 Å². The molecule has 0 bridgehead atoms. The second-order valence-electron chi connectivity index (χ2n) is 22.2. The Hall–Kier alpha value is -1.33. The number of hydrogen-bond acceptors (Lipinski definition) is 8. The van der Waals surface area contributed by atoms with Gasteiger partial charge in [-0.15, -0.1) is 0 Å². The quantitative estimate of drug-likeness (QED) is 0.0261. The lowest BCUT2D eigenvalue weighted by molar-refractivity contribution is -0.302. The highest BCUT2D eigenvalue weighted by Crippen LogP contribution is 2.23. The summed E-state index contributed by atoms with van der Waals surface area (Å²) in [6, 6.07) is -0.805. The molecular weight excluding hydrogens is 899 g/mol. The van der Waals surface area contributed by atoms with E-state index in [0.29, 0.717) is 6.42 Å². The molecule has 1 fully saturated rings. The van der Waals surface area contributed by atoms with E-state index in [1.807, 2.05) is 6.08 Å². The van der Waals surface area contributed by atoms with E-state index in [4.69, 9.17) is 9.47 Å². The van der Waals surface area contributed by atoms with Gasteiger partial charge in [0.15, 0.2) is 6.29 Å². The maximum Gasteiger partial charge on any atom is 0.220 e. The minimum atomic E-state index is -1.57. The molecule has 1 saturated heterocycles. The van der Waals surface area contributed by atoms with Crippen LogP contribution >= 0.6 is 0 Å². The Balaban J connectivity index is 2.16. The molecule has 1 rings (SSSR count). The van der Waals surface area contributed by atoms with Crippen molar-refractivity contribution in [2.24, 2.45) is 0 Å². The average Bonchev–Trinajstić information content (AvgIpc) is 3.38. The van der Waals surface area contributed by atoms with Crippen molar-refractivity contribution in [2.75, 3.05) is 13.2 Å². The molecule has 1 amide bonds. The normalized spacial score (nSPS) is 19.2. The van der Waals surface area contributed by atoms with Crippen molar-refractivity contribution < 1.29 is 39.8 Å². The van der Waals surface area contributed by atoms with Crippen LogP contribution < -0.4 is 5.32 Å². The number of ether oxygens (including phenoxy) is 2. The molecule has 9 heteroatoms. The summed E-state index contributed by atoms with van der Waals surface area (Å²) < 4.78 is 11.3. The molecule has 0 aromatic carbocycles. The van der Waals surface area contributed by atoms with Crippen molar-refractivity contribution in [1.82, 2.24) is 5.32 Å². The lowest BCUT2D eigenvalue weighted by Crippen LogP contribution is -2.60. The third-order valence-corrected chi connectivity index (χ3v) is 15.3. The topological polar surface area (TPSA) is 149 Å². The first-order valence-corrected chi connectivity index (χ1v) is 31.6. The number of aliphatic hydroxyl groups is 5. The van der Waals surface area contributed by atoms with Crippen molar-refractivity contribution >= 4 is 5.91 Å². The zero-order chi connectivity index (χ0) is 52.2. The molecule has 1 aliphatic heterocycles. The number of carbonyl (C=O) groups excluding carboxylic acids is 1. The highest BCUT2D eigenvalue weighted by atomic mass is 16.7. The summed E-state index contributed by atoms with van der Waals surface area (Å²) in [6.07, 6.45) is 61.2. The van der Waals surface area contributed by atoms with Crippen LogP contribution in [0.1, 0.15) is 316 Å². The van der Waals surface area contributed by atoms with E-state index in [1.54, 1.807) is 6.08 Å². The van der Waals surface area contributed by atoms with Crippen molar-refractivity contribution in [2.45, 2.75) is 358 Å². The minimum Gasteiger partial charge on any atom is -0.394 e. The highest BCUT2D eigenvalue weighted by molar-refractivity contribution is 5.76. The summed E-state index contributed by atoms with van der Waals surface area (Å²) in [5, 5.41) is 54.6. The van der Waals surface area contributed by atoms with Crippen molar-refractivity contribution in [1.29, 1.82) is 0 Å². The zero-order valence-electron chi connectivity index (χ0n) is 47.5. The molecule has 0 saturated carbocycles. The number of allylic oxidation sites excluding steroid dienone is 3. The van der Waals surface area contributed by atoms with Crippen molar-refractivity contribution in [3.8, 4) is 0 Å². The van der Waals surface area contributed by atoms with Gasteiger partial charge in [-0.1, -0.05) is 289 Å². The zero-order valence-corrected chi connectivity index (χ0v) is 47.5. The van der Waals surface area contributed by atoms with Gasteiger partial charge in [0.1, 0.15) is 24.4 Å². The summed E-state index contributed by atoms with van der Waals surface area (Å²) in [4.78, 5) is 13.1. The number of amides is 1. The number of carbonyl (C=O) groups is 1. The van der Waals surface area contributed by atoms with Gasteiger partial charge in [-0.05, 0) is 44.9 Å². The Morgan fingerprint density at radius 3 is 1.12 bits per heavy atom. The van der Waals surface area contributed by atoms with Crippen LogP contribution in [0.5, 0.6) is 0 Å². The molecule has 6 N–H and O–H groups in total. The molecule has 0 aliphatic carbocycles. The second-order valence-corrected chi connectivity index (χ2v) is 22.2. The third-order valence-electron chi connectivity index (χ3n) is 15.3. The van der Waals surface area contributed by atoms with E-state index in [-0.39, 0.29) is 12.5 Å². The molecule has 7 atom stereocenters. The van der Waals surface area contributed by atoms with Crippen molar-refractivity contribution in [3.63, 3.8) is 0 Å². The van der Waals surface area contributed by atoms with Gasteiger partial charge in [0, 0.05) is 6.42 Å². The molecule has 9 nitrogen and oxygen atoms in total. The van der Waals surface area contributed by atoms with E-state index in [2.05, 4.69) is 31.3 Å². The van der Waals surface area contributed by atoms with Gasteiger partial charge in [0.2, 0.25) is 5.91 Å². The standard InChI is InChI=1S/C63H121NO8/c1-3-5-7-9-11-13-15-17-19-21-23-24-25-26-27-28-29-30-31-32-33-35-36-38-40-42-44-46-48-50-52-57(66)56(55-71-63-62(70)61(69)60(68)58(54-65)72-63)64-59(67)53-51-49-47-45-43-41-39-37-34-22-20-18-16-14-12-10-8-6-4-2/h18,20,50,52,56-58,60-63,65-66,68-70H,3-17,19,21-49,51,53-55H2,1-2H3,(H,64,67)/b20-18-,52-50+. The van der Waals surface area contributed by atoms with Crippen LogP contribution in [0.15, 0.2) is 24.3 Å². The molecule has 1 aliphatic rings. The summed E-state index contributed by atoms with van der Waals surface area (Å²) in [5.74, 6) is -0.174. The van der Waals surface area contributed by atoms with Gasteiger partial charge in [-0.25, -0.2) is 0 Å². The van der Waals surface area contributed by atoms with Crippen LogP contribution in [0.4, 0.5) is 0 Å². The average molecular weight is 1020 g/mol. The molecule has 0 aromatic rings. The Labute approximate surface area is 445 Å². The number of nitrogens with one attached hydrogen (secondary N) is 1. The molecule has 72 heavy (non-hydrogen) atoms. The van der Waals surface area contributed by atoms with Crippen LogP contribution in [0, 0.1) is 0 Å². The van der Waals surface area contributed by atoms with E-state index in [9.17, 15) is 30.3 Å². The first-order chi connectivity index (χ1) is 35.3. The second kappa shape index (κ2) is 53.1. The van der Waals surface area contributed by atoms with E-state index >= 15 is 0 Å². The van der Waals surface area contributed by atoms with Crippen molar-refractivity contribution in [3.05, 3.63) is 24.3 Å². The van der Waals surface area contributed by atoms with Crippen LogP contribution in [0.2, 0.25) is 0 Å². The van der Waals surface area contributed by atoms with Gasteiger partial charge in [0.25, 0.3) is 0 Å². The molecule has 426 valence electrons. The van der Waals surface area contributed by atoms with Gasteiger partial charge in [-0.2, -0.15) is 0 Å². The fourth-order valence-corrected chi connectivity index (χ4v) is 10.3. The lowest BCUT2D eigenvalue weighted by Gasteiger charge is -2.40. The molecule has 1 heterocycles. The molecule has 0 aromatic heterocycles. The number of hydrogen-bond donors (Lipinski definition) is 6. The Morgan fingerprint density at radius 1 is 0.458 bits per heavy atom. The van der Waals surface area contributed by atoms with Crippen LogP contribution in [-0.4, -0.2) is 87.5 Å². The first kappa shape index (κ1) is 68.7. The number of aliphatic hydroxyl groups excluding tert-OH is 5. The largest absolute Gasteiger partial charge is 0.394 e. The smallest absolute Gasteiger partial charge is 0.220 e. The molecule has 7 unspecified atom stereocenters. The predicted octanol–water partition coefficient (Wildman–Crippen LogP) is 16.1. The maximum absolute atomic E-state index is 13.1. The maximum atomic E-state index is 13.1. The summed E-state index contributed by atoms with van der Waals surface area (Å²) in [7, 11) is 0. The first-order valence-electron chi connectivity index (χ1n) is 31.6. The van der Waals surface area contributed by atoms with Crippen LogP contribution in [0.25, 0.3) is 0 Å². The predicted molar refractivity (Wildman–Crippen MR) is 304 cm³/mol. The monoisotopic (exact) mass is 1020 g/mol. The van der Waals surface area contributed by atoms with E-state index in [0.717, 1.165) is 38.5 Å². The Bertz CT molecular complexity index is 1180. The summed E-state index contributed by atoms with van der Waals surface area (Å²) >= 11 is 0. The number of unbranched alkanes of at least 4 members (excludes halogenated alkanes) is 43. The third kappa shape index (κ3) is 41.9. The lowest BCUT2D eigenvalue weighted by atomic mass is 9.99. The van der Waals surface area contributed by atoms with Gasteiger partial charge >= 0.3 is 0 Å². The van der Waals surface area contributed by atoms with Gasteiger partial charge < -0.3 is 40.3 Å². The highest BCUT2D eigenvalue weighted by Gasteiger charge is 2.44. The fourth-order valence-electron chi connectivity index (χ4n) is 10.3. The van der Waals surface area contributed by atoms with E-state index in [1.165, 1.54) is 257 Å². The summed E-state index contributed by atoms with van der Waals surface area (Å²) in [6.45, 7) is 3.82. The van der Waals surface area contributed by atoms with Crippen LogP contribution in [0.3, 0.4) is 0 Å². The number of rotatable bonds is 55. The van der Waals surface area contributed by atoms with E-state index < -0.39 is 49.5 Å². The SMILES string of the molecule is CCCCCCCC/C=C\CCCCCCCCCCCC(=O)NC(COC1OC(CO)C(O)C(O)C1O)C(O)/C=C/CCCCCCCCCCCCCCCCCCCCCCCCCCCCCC. The Kier molecular flexibility index (Phi) is 50.6. The van der Waals surface area contributed by atoms with Crippen LogP contribution in [-0.2, 0) is 14.3 Å². The fraction of sp³-hybridized carbons (Fsp3) is 0.921. The Morgan fingerprint density at radius 2 is 0.778 bits per heavy atom.